The number of halogens is 2. The molecule has 1 aromatic rings. The minimum Gasteiger partial charge on any atom is -0.347 e. The molecule has 5 nitrogen and oxygen atoms in total. The van der Waals surface area contributed by atoms with E-state index >= 15 is 0 Å². The molecule has 0 saturated heterocycles. The molecule has 1 atom stereocenters. The maximum atomic E-state index is 12.9. The Labute approximate surface area is 96.6 Å². The summed E-state index contributed by atoms with van der Waals surface area (Å²) in [5.41, 5.74) is 0. The lowest BCUT2D eigenvalue weighted by Crippen LogP contribution is -2.29. The van der Waals surface area contributed by atoms with Gasteiger partial charge in [-0.2, -0.15) is 4.98 Å². The normalized spacial score (nSPS) is 22.6. The van der Waals surface area contributed by atoms with Crippen molar-refractivity contribution in [3.63, 3.8) is 0 Å². The fourth-order valence-corrected chi connectivity index (χ4v) is 1.89. The van der Waals surface area contributed by atoms with Crippen LogP contribution in [0.15, 0.2) is 4.52 Å². The van der Waals surface area contributed by atoms with Crippen molar-refractivity contribution in [3.05, 3.63) is 11.7 Å². The van der Waals surface area contributed by atoms with Crippen molar-refractivity contribution in [3.8, 4) is 0 Å². The largest absolute Gasteiger partial charge is 0.347 e. The molecule has 1 amide bonds. The quantitative estimate of drug-likeness (QED) is 0.874. The van der Waals surface area contributed by atoms with E-state index in [9.17, 15) is 13.6 Å². The molecule has 0 aromatic carbocycles. The number of rotatable bonds is 3. The van der Waals surface area contributed by atoms with Gasteiger partial charge in [-0.3, -0.25) is 4.79 Å². The molecule has 7 heteroatoms. The molecule has 1 saturated carbocycles. The van der Waals surface area contributed by atoms with Gasteiger partial charge in [0.25, 0.3) is 0 Å². The molecule has 1 unspecified atom stereocenters. The van der Waals surface area contributed by atoms with Crippen LogP contribution in [-0.2, 0) is 11.3 Å². The number of nitrogens with one attached hydrogen (secondary N) is 1. The fourth-order valence-electron chi connectivity index (χ4n) is 1.89. The Bertz CT molecular complexity index is 419. The highest BCUT2D eigenvalue weighted by Gasteiger charge is 2.42. The Balaban J connectivity index is 1.82. The van der Waals surface area contributed by atoms with Crippen LogP contribution in [0.5, 0.6) is 0 Å². The highest BCUT2D eigenvalue weighted by atomic mass is 19.3. The Kier molecular flexibility index (Phi) is 3.08. The van der Waals surface area contributed by atoms with Crippen LogP contribution in [0, 0.1) is 12.8 Å². The van der Waals surface area contributed by atoms with Crippen molar-refractivity contribution in [2.24, 2.45) is 5.92 Å². The maximum Gasteiger partial charge on any atom is 0.248 e. The van der Waals surface area contributed by atoms with Crippen molar-refractivity contribution in [1.82, 2.24) is 15.5 Å². The number of hydrogen-bond donors (Lipinski definition) is 1. The van der Waals surface area contributed by atoms with Crippen molar-refractivity contribution in [2.75, 3.05) is 0 Å². The summed E-state index contributed by atoms with van der Waals surface area (Å²) in [6, 6.07) is 0. The molecular weight excluding hydrogens is 232 g/mol. The summed E-state index contributed by atoms with van der Waals surface area (Å²) in [6.45, 7) is 1.74. The number of alkyl halides is 2. The van der Waals surface area contributed by atoms with E-state index in [0.717, 1.165) is 0 Å². The lowest BCUT2D eigenvalue weighted by atomic mass is 10.1. The van der Waals surface area contributed by atoms with Crippen LogP contribution < -0.4 is 5.32 Å². The van der Waals surface area contributed by atoms with Crippen LogP contribution in [0.25, 0.3) is 0 Å². The maximum absolute atomic E-state index is 12.9. The summed E-state index contributed by atoms with van der Waals surface area (Å²) in [7, 11) is 0. The van der Waals surface area contributed by atoms with Crippen molar-refractivity contribution < 1.29 is 18.1 Å². The Morgan fingerprint density at radius 1 is 1.65 bits per heavy atom. The van der Waals surface area contributed by atoms with Gasteiger partial charge in [-0.15, -0.1) is 0 Å². The average molecular weight is 245 g/mol. The number of aryl methyl sites for hydroxylation is 1. The number of aromatic nitrogens is 2. The number of nitrogens with zero attached hydrogens (tertiary/aromatic N) is 2. The summed E-state index contributed by atoms with van der Waals surface area (Å²) in [4.78, 5) is 15.5. The van der Waals surface area contributed by atoms with E-state index in [1.807, 2.05) is 0 Å². The molecular formula is C10H13F2N3O2. The van der Waals surface area contributed by atoms with Crippen molar-refractivity contribution in [1.29, 1.82) is 0 Å². The van der Waals surface area contributed by atoms with Gasteiger partial charge in [-0.1, -0.05) is 5.16 Å². The standard InChI is InChI=1S/C10H13F2N3O2/c1-6-14-8(17-15-6)5-13-9(16)7-2-3-10(11,12)4-7/h7H,2-5H2,1H3,(H,13,16). The monoisotopic (exact) mass is 245 g/mol. The minimum atomic E-state index is -2.71. The van der Waals surface area contributed by atoms with Crippen LogP contribution in [-0.4, -0.2) is 22.0 Å². The first-order chi connectivity index (χ1) is 7.96. The molecule has 0 bridgehead atoms. The third kappa shape index (κ3) is 2.98. The first-order valence-corrected chi connectivity index (χ1v) is 5.41. The summed E-state index contributed by atoms with van der Waals surface area (Å²) in [5, 5.41) is 6.08. The molecule has 1 aliphatic carbocycles. The van der Waals surface area contributed by atoms with E-state index < -0.39 is 11.8 Å². The van der Waals surface area contributed by atoms with Crippen LogP contribution in [0.2, 0.25) is 0 Å². The molecule has 1 fully saturated rings. The summed E-state index contributed by atoms with van der Waals surface area (Å²) >= 11 is 0. The van der Waals surface area contributed by atoms with Gasteiger partial charge in [0.15, 0.2) is 5.82 Å². The second-order valence-electron chi connectivity index (χ2n) is 4.25. The molecule has 1 heterocycles. The topological polar surface area (TPSA) is 68.0 Å². The molecule has 1 N–H and O–H groups in total. The molecule has 1 aromatic heterocycles. The van der Waals surface area contributed by atoms with E-state index in [4.69, 9.17) is 4.52 Å². The first-order valence-electron chi connectivity index (χ1n) is 5.41. The van der Waals surface area contributed by atoms with E-state index in [-0.39, 0.29) is 37.6 Å². The number of amides is 1. The molecule has 0 spiro atoms. The summed E-state index contributed by atoms with van der Waals surface area (Å²) in [5.74, 6) is -2.95. The molecule has 1 aliphatic rings. The van der Waals surface area contributed by atoms with Gasteiger partial charge in [0.05, 0.1) is 6.54 Å². The number of carbonyl (C=O) groups is 1. The lowest BCUT2D eigenvalue weighted by Gasteiger charge is -2.09. The first kappa shape index (κ1) is 11.9. The van der Waals surface area contributed by atoms with Gasteiger partial charge < -0.3 is 9.84 Å². The van der Waals surface area contributed by atoms with Crippen LogP contribution in [0.4, 0.5) is 8.78 Å². The number of carbonyl (C=O) groups excluding carboxylic acids is 1. The summed E-state index contributed by atoms with van der Waals surface area (Å²) < 4.78 is 30.6. The third-order valence-corrected chi connectivity index (χ3v) is 2.76. The third-order valence-electron chi connectivity index (χ3n) is 2.76. The van der Waals surface area contributed by atoms with Gasteiger partial charge >= 0.3 is 0 Å². The van der Waals surface area contributed by atoms with Crippen molar-refractivity contribution in [2.45, 2.75) is 38.7 Å². The van der Waals surface area contributed by atoms with E-state index in [0.29, 0.717) is 5.82 Å². The van der Waals surface area contributed by atoms with Crippen LogP contribution >= 0.6 is 0 Å². The lowest BCUT2D eigenvalue weighted by molar-refractivity contribution is -0.126. The van der Waals surface area contributed by atoms with E-state index in [1.54, 1.807) is 6.92 Å². The van der Waals surface area contributed by atoms with Crippen LogP contribution in [0.3, 0.4) is 0 Å². The fraction of sp³-hybridized carbons (Fsp3) is 0.700. The van der Waals surface area contributed by atoms with Gasteiger partial charge in [-0.05, 0) is 13.3 Å². The minimum absolute atomic E-state index is 0.0851. The van der Waals surface area contributed by atoms with Gasteiger partial charge in [0, 0.05) is 18.8 Å². The molecule has 0 radical (unpaired) electrons. The predicted molar refractivity (Wildman–Crippen MR) is 53.2 cm³/mol. The zero-order valence-corrected chi connectivity index (χ0v) is 9.37. The molecule has 2 rings (SSSR count). The zero-order chi connectivity index (χ0) is 12.5. The average Bonchev–Trinajstić information content (AvgIpc) is 2.81. The Morgan fingerprint density at radius 3 is 2.94 bits per heavy atom. The van der Waals surface area contributed by atoms with Crippen LogP contribution in [0.1, 0.15) is 31.0 Å². The second kappa shape index (κ2) is 4.38. The van der Waals surface area contributed by atoms with E-state index in [2.05, 4.69) is 15.5 Å². The number of hydrogen-bond acceptors (Lipinski definition) is 4. The summed E-state index contributed by atoms with van der Waals surface area (Å²) in [6.07, 6.45) is -0.367. The second-order valence-corrected chi connectivity index (χ2v) is 4.25. The molecule has 94 valence electrons. The SMILES string of the molecule is Cc1noc(CNC(=O)C2CCC(F)(F)C2)n1. The van der Waals surface area contributed by atoms with Gasteiger partial charge in [-0.25, -0.2) is 8.78 Å². The molecule has 17 heavy (non-hydrogen) atoms. The highest BCUT2D eigenvalue weighted by molar-refractivity contribution is 5.78. The molecule has 0 aliphatic heterocycles. The van der Waals surface area contributed by atoms with Gasteiger partial charge in [0.2, 0.25) is 17.7 Å². The Morgan fingerprint density at radius 2 is 2.41 bits per heavy atom. The van der Waals surface area contributed by atoms with Crippen molar-refractivity contribution >= 4 is 5.91 Å². The Hall–Kier alpha value is -1.53. The zero-order valence-electron chi connectivity index (χ0n) is 9.37. The highest BCUT2D eigenvalue weighted by Crippen LogP contribution is 2.38. The van der Waals surface area contributed by atoms with Gasteiger partial charge in [0.1, 0.15) is 0 Å². The predicted octanol–water partition coefficient (Wildman–Crippen LogP) is 1.43. The van der Waals surface area contributed by atoms with E-state index in [1.165, 1.54) is 0 Å². The smallest absolute Gasteiger partial charge is 0.248 e.